The van der Waals surface area contributed by atoms with Crippen LogP contribution in [0.2, 0.25) is 0 Å². The zero-order valence-corrected chi connectivity index (χ0v) is 19.9. The van der Waals surface area contributed by atoms with Gasteiger partial charge in [0.15, 0.2) is 0 Å². The Morgan fingerprint density at radius 1 is 1.00 bits per heavy atom. The van der Waals surface area contributed by atoms with Gasteiger partial charge < -0.3 is 36.9 Å². The summed E-state index contributed by atoms with van der Waals surface area (Å²) in [4.78, 5) is 62.9. The summed E-state index contributed by atoms with van der Waals surface area (Å²) in [7, 11) is 0. The molecule has 0 aliphatic carbocycles. The Hall–Kier alpha value is -3.58. The number of aliphatic carboxylic acids is 2. The molecule has 0 saturated carbocycles. The second-order valence-electron chi connectivity index (χ2n) is 7.98. The van der Waals surface area contributed by atoms with Crippen LogP contribution in [0.3, 0.4) is 0 Å². The molecule has 1 aromatic carbocycles. The summed E-state index contributed by atoms with van der Waals surface area (Å²) in [5.41, 5.74) is 7.73. The van der Waals surface area contributed by atoms with Gasteiger partial charge in [-0.3, -0.25) is 19.2 Å². The Morgan fingerprint density at radius 3 is 2.29 bits per heavy atom. The molecule has 8 N–H and O–H groups in total. The number of nitrogens with one attached hydrogen (secondary N) is 4. The highest BCUT2D eigenvalue weighted by Gasteiger charge is 2.28. The summed E-state index contributed by atoms with van der Waals surface area (Å²) < 4.78 is 0. The number of H-pyrrole nitrogens is 1. The maximum atomic E-state index is 12.7. The van der Waals surface area contributed by atoms with Gasteiger partial charge in [-0.15, -0.1) is 0 Å². The Balaban J connectivity index is 2.04. The van der Waals surface area contributed by atoms with E-state index in [-0.39, 0.29) is 18.6 Å². The van der Waals surface area contributed by atoms with Crippen molar-refractivity contribution >= 4 is 53.2 Å². The highest BCUT2D eigenvalue weighted by molar-refractivity contribution is 7.80. The SMILES string of the molecule is CC(NC(=O)C(CCC(=O)O)NC(=O)C(N)Cc1c[nH]c2ccccc12)C(=O)NC(CS)C(=O)O. The molecular formula is C22H29N5O7S. The first-order valence-corrected chi connectivity index (χ1v) is 11.4. The number of thiol groups is 1. The average molecular weight is 508 g/mol. The smallest absolute Gasteiger partial charge is 0.327 e. The fourth-order valence-electron chi connectivity index (χ4n) is 3.31. The summed E-state index contributed by atoms with van der Waals surface area (Å²) in [5, 5.41) is 26.0. The van der Waals surface area contributed by atoms with E-state index in [1.807, 2.05) is 24.3 Å². The van der Waals surface area contributed by atoms with Gasteiger partial charge in [-0.1, -0.05) is 18.2 Å². The van der Waals surface area contributed by atoms with Crippen molar-refractivity contribution in [3.8, 4) is 0 Å². The van der Waals surface area contributed by atoms with Crippen molar-refractivity contribution in [1.29, 1.82) is 0 Å². The molecular weight excluding hydrogens is 478 g/mol. The van der Waals surface area contributed by atoms with E-state index in [0.717, 1.165) is 16.5 Å². The van der Waals surface area contributed by atoms with Crippen LogP contribution >= 0.6 is 12.6 Å². The number of aromatic nitrogens is 1. The number of hydrogen-bond acceptors (Lipinski definition) is 7. The van der Waals surface area contributed by atoms with E-state index in [1.54, 1.807) is 6.20 Å². The lowest BCUT2D eigenvalue weighted by Crippen LogP contribution is -2.56. The lowest BCUT2D eigenvalue weighted by molar-refractivity contribution is -0.141. The van der Waals surface area contributed by atoms with Crippen molar-refractivity contribution in [3.05, 3.63) is 36.0 Å². The second kappa shape index (κ2) is 12.8. The van der Waals surface area contributed by atoms with Gasteiger partial charge in [0, 0.05) is 29.3 Å². The number of carbonyl (C=O) groups is 5. The van der Waals surface area contributed by atoms with E-state index >= 15 is 0 Å². The molecule has 0 bridgehead atoms. The van der Waals surface area contributed by atoms with Gasteiger partial charge in [0.1, 0.15) is 18.1 Å². The molecule has 2 rings (SSSR count). The molecule has 0 saturated heterocycles. The van der Waals surface area contributed by atoms with Crippen molar-refractivity contribution in [2.45, 2.75) is 50.4 Å². The molecule has 35 heavy (non-hydrogen) atoms. The van der Waals surface area contributed by atoms with Crippen LogP contribution in [-0.2, 0) is 30.4 Å². The quantitative estimate of drug-likeness (QED) is 0.164. The Bertz CT molecular complexity index is 1090. The minimum atomic E-state index is -1.29. The predicted octanol–water partition coefficient (Wildman–Crippen LogP) is -0.609. The van der Waals surface area contributed by atoms with Crippen LogP contribution in [0, 0.1) is 0 Å². The van der Waals surface area contributed by atoms with Crippen LogP contribution in [-0.4, -0.2) is 74.8 Å². The van der Waals surface area contributed by atoms with Crippen LogP contribution in [0.4, 0.5) is 0 Å². The molecule has 0 radical (unpaired) electrons. The third-order valence-electron chi connectivity index (χ3n) is 5.28. The van der Waals surface area contributed by atoms with Gasteiger partial charge in [-0.05, 0) is 31.4 Å². The number of carbonyl (C=O) groups excluding carboxylic acids is 3. The molecule has 0 spiro atoms. The number of rotatable bonds is 13. The van der Waals surface area contributed by atoms with Gasteiger partial charge in [0.25, 0.3) is 0 Å². The van der Waals surface area contributed by atoms with Crippen LogP contribution in [0.1, 0.15) is 25.3 Å². The Labute approximate surface area is 206 Å². The first-order valence-electron chi connectivity index (χ1n) is 10.8. The lowest BCUT2D eigenvalue weighted by Gasteiger charge is -2.23. The van der Waals surface area contributed by atoms with Gasteiger partial charge in [0.2, 0.25) is 17.7 Å². The second-order valence-corrected chi connectivity index (χ2v) is 8.34. The topological polar surface area (TPSA) is 204 Å². The number of amides is 3. The molecule has 0 aliphatic rings. The highest BCUT2D eigenvalue weighted by atomic mass is 32.1. The Kier molecular flexibility index (Phi) is 10.1. The maximum Gasteiger partial charge on any atom is 0.327 e. The highest BCUT2D eigenvalue weighted by Crippen LogP contribution is 2.18. The van der Waals surface area contributed by atoms with Crippen LogP contribution < -0.4 is 21.7 Å². The predicted molar refractivity (Wildman–Crippen MR) is 130 cm³/mol. The number of aromatic amines is 1. The van der Waals surface area contributed by atoms with E-state index in [0.29, 0.717) is 0 Å². The minimum absolute atomic E-state index is 0.159. The van der Waals surface area contributed by atoms with Crippen molar-refractivity contribution in [3.63, 3.8) is 0 Å². The number of nitrogens with two attached hydrogens (primary N) is 1. The third-order valence-corrected chi connectivity index (χ3v) is 5.65. The third kappa shape index (κ3) is 8.00. The summed E-state index contributed by atoms with van der Waals surface area (Å²) in [5.74, 6) is -4.88. The Morgan fingerprint density at radius 2 is 1.66 bits per heavy atom. The fourth-order valence-corrected chi connectivity index (χ4v) is 3.55. The van der Waals surface area contributed by atoms with Crippen LogP contribution in [0.25, 0.3) is 10.9 Å². The van der Waals surface area contributed by atoms with Crippen LogP contribution in [0.15, 0.2) is 30.5 Å². The van der Waals surface area contributed by atoms with E-state index in [1.165, 1.54) is 6.92 Å². The zero-order chi connectivity index (χ0) is 26.1. The van der Waals surface area contributed by atoms with E-state index in [2.05, 4.69) is 33.6 Å². The number of carboxylic acids is 2. The number of carboxylic acid groups (broad SMARTS) is 2. The molecule has 13 heteroatoms. The molecule has 0 aliphatic heterocycles. The minimum Gasteiger partial charge on any atom is -0.481 e. The maximum absolute atomic E-state index is 12.7. The summed E-state index contributed by atoms with van der Waals surface area (Å²) in [6, 6.07) is 2.76. The molecule has 190 valence electrons. The lowest BCUT2D eigenvalue weighted by atomic mass is 10.0. The first kappa shape index (κ1) is 27.7. The van der Waals surface area contributed by atoms with Crippen LogP contribution in [0.5, 0.6) is 0 Å². The van der Waals surface area contributed by atoms with Gasteiger partial charge in [-0.2, -0.15) is 12.6 Å². The summed E-state index contributed by atoms with van der Waals surface area (Å²) in [6.45, 7) is 1.32. The van der Waals surface area contributed by atoms with E-state index in [9.17, 15) is 24.0 Å². The molecule has 1 aromatic heterocycles. The number of benzene rings is 1. The molecule has 3 amide bonds. The summed E-state index contributed by atoms with van der Waals surface area (Å²) in [6.07, 6.45) is 1.25. The summed E-state index contributed by atoms with van der Waals surface area (Å²) >= 11 is 3.86. The normalized spacial score (nSPS) is 14.4. The van der Waals surface area contributed by atoms with Crippen molar-refractivity contribution in [2.75, 3.05) is 5.75 Å². The first-order chi connectivity index (χ1) is 16.5. The van der Waals surface area contributed by atoms with E-state index in [4.69, 9.17) is 15.9 Å². The standard InChI is InChI=1S/C22H29N5O7S/c1-11(19(30)27-17(10-35)22(33)34)25-21(32)16(6-7-18(28)29)26-20(31)14(23)8-12-9-24-15-5-3-2-4-13(12)15/h2-5,9,11,14,16-17,24,35H,6-8,10,23H2,1H3,(H,25,32)(H,26,31)(H,27,30)(H,28,29)(H,33,34). The molecule has 4 unspecified atom stereocenters. The number of para-hydroxylation sites is 1. The van der Waals surface area contributed by atoms with Gasteiger partial charge >= 0.3 is 11.9 Å². The van der Waals surface area contributed by atoms with Gasteiger partial charge in [-0.25, -0.2) is 4.79 Å². The number of hydrogen-bond donors (Lipinski definition) is 8. The largest absolute Gasteiger partial charge is 0.481 e. The molecule has 12 nitrogen and oxygen atoms in total. The molecule has 0 fully saturated rings. The van der Waals surface area contributed by atoms with Crippen molar-refractivity contribution < 1.29 is 34.2 Å². The van der Waals surface area contributed by atoms with E-state index < -0.39 is 60.2 Å². The number of fused-ring (bicyclic) bond motifs is 1. The molecule has 2 aromatic rings. The average Bonchev–Trinajstić information content (AvgIpc) is 3.21. The van der Waals surface area contributed by atoms with Crippen molar-refractivity contribution in [1.82, 2.24) is 20.9 Å². The molecule has 1 heterocycles. The fraction of sp³-hybridized carbons (Fsp3) is 0.409. The zero-order valence-electron chi connectivity index (χ0n) is 19.0. The van der Waals surface area contributed by atoms with Crippen molar-refractivity contribution in [2.24, 2.45) is 5.73 Å². The van der Waals surface area contributed by atoms with Gasteiger partial charge in [0.05, 0.1) is 6.04 Å². The molecule has 4 atom stereocenters. The monoisotopic (exact) mass is 507 g/mol.